The van der Waals surface area contributed by atoms with Crippen molar-refractivity contribution in [2.75, 3.05) is 26.4 Å². The highest BCUT2D eigenvalue weighted by atomic mass is 16.8. The van der Waals surface area contributed by atoms with Crippen LogP contribution in [0.1, 0.15) is 66.2 Å². The zero-order valence-corrected chi connectivity index (χ0v) is 17.1. The summed E-state index contributed by atoms with van der Waals surface area (Å²) in [6.07, 6.45) is 1.57. The van der Waals surface area contributed by atoms with E-state index in [9.17, 15) is 14.7 Å². The first-order chi connectivity index (χ1) is 12.9. The molecule has 0 aromatic heterocycles. The molecule has 0 saturated carbocycles. The highest BCUT2D eigenvalue weighted by Crippen LogP contribution is 2.35. The standard InChI is InChI=1S/C19H36O8/c1-5-9-13-26-19(27-14-10-6-2,18(24-7-3)25-8-4)15(17(22)23)11-12-16(20)21/h15,18H,5-14H2,1-4H3,(H,20,21)(H,22,23). The molecule has 1 atom stereocenters. The summed E-state index contributed by atoms with van der Waals surface area (Å²) in [6.45, 7) is 8.57. The first-order valence-electron chi connectivity index (χ1n) is 9.85. The number of ether oxygens (including phenoxy) is 4. The van der Waals surface area contributed by atoms with Crippen molar-refractivity contribution in [1.29, 1.82) is 0 Å². The molecule has 0 aliphatic heterocycles. The van der Waals surface area contributed by atoms with E-state index in [1.807, 2.05) is 13.8 Å². The minimum Gasteiger partial charge on any atom is -0.481 e. The van der Waals surface area contributed by atoms with Gasteiger partial charge >= 0.3 is 11.9 Å². The monoisotopic (exact) mass is 392 g/mol. The molecule has 0 saturated heterocycles. The molecule has 0 spiro atoms. The van der Waals surface area contributed by atoms with Crippen LogP contribution in [0.3, 0.4) is 0 Å². The second-order valence-corrected chi connectivity index (χ2v) is 6.19. The first-order valence-corrected chi connectivity index (χ1v) is 9.85. The Hall–Kier alpha value is -1.22. The lowest BCUT2D eigenvalue weighted by Gasteiger charge is -2.42. The van der Waals surface area contributed by atoms with Gasteiger partial charge in [0.15, 0.2) is 0 Å². The van der Waals surface area contributed by atoms with Gasteiger partial charge in [0.2, 0.25) is 12.1 Å². The highest BCUT2D eigenvalue weighted by molar-refractivity contribution is 5.73. The zero-order chi connectivity index (χ0) is 20.7. The van der Waals surface area contributed by atoms with Crippen LogP contribution in [0.15, 0.2) is 0 Å². The van der Waals surface area contributed by atoms with Gasteiger partial charge in [-0.05, 0) is 33.1 Å². The van der Waals surface area contributed by atoms with Gasteiger partial charge in [-0.2, -0.15) is 0 Å². The largest absolute Gasteiger partial charge is 0.481 e. The second-order valence-electron chi connectivity index (χ2n) is 6.19. The molecule has 1 unspecified atom stereocenters. The Morgan fingerprint density at radius 2 is 1.37 bits per heavy atom. The van der Waals surface area contributed by atoms with Crippen molar-refractivity contribution in [2.45, 2.75) is 78.3 Å². The summed E-state index contributed by atoms with van der Waals surface area (Å²) in [5, 5.41) is 18.9. The van der Waals surface area contributed by atoms with Crippen molar-refractivity contribution < 1.29 is 38.7 Å². The maximum Gasteiger partial charge on any atom is 0.312 e. The number of carboxylic acid groups (broad SMARTS) is 2. The Bertz CT molecular complexity index is 397. The van der Waals surface area contributed by atoms with Gasteiger partial charge < -0.3 is 29.2 Å². The molecular formula is C19H36O8. The molecule has 0 fully saturated rings. The maximum atomic E-state index is 12.1. The van der Waals surface area contributed by atoms with Crippen LogP contribution >= 0.6 is 0 Å². The Labute approximate surface area is 162 Å². The van der Waals surface area contributed by atoms with Crippen LogP contribution < -0.4 is 0 Å². The van der Waals surface area contributed by atoms with Gasteiger partial charge in [0.25, 0.3) is 0 Å². The van der Waals surface area contributed by atoms with Gasteiger partial charge in [0.1, 0.15) is 5.92 Å². The number of carboxylic acids is 2. The summed E-state index contributed by atoms with van der Waals surface area (Å²) in [5.74, 6) is -5.24. The minimum absolute atomic E-state index is 0.153. The summed E-state index contributed by atoms with van der Waals surface area (Å²) < 4.78 is 23.3. The molecular weight excluding hydrogens is 356 g/mol. The van der Waals surface area contributed by atoms with Crippen molar-refractivity contribution in [3.8, 4) is 0 Å². The molecule has 8 nitrogen and oxygen atoms in total. The van der Waals surface area contributed by atoms with Crippen molar-refractivity contribution in [1.82, 2.24) is 0 Å². The van der Waals surface area contributed by atoms with Crippen LogP contribution in [0.4, 0.5) is 0 Å². The van der Waals surface area contributed by atoms with E-state index in [4.69, 9.17) is 24.1 Å². The van der Waals surface area contributed by atoms with Crippen LogP contribution in [0.25, 0.3) is 0 Å². The molecule has 0 radical (unpaired) electrons. The van der Waals surface area contributed by atoms with Gasteiger partial charge in [-0.15, -0.1) is 0 Å². The van der Waals surface area contributed by atoms with Gasteiger partial charge in [-0.3, -0.25) is 9.59 Å². The van der Waals surface area contributed by atoms with E-state index in [2.05, 4.69) is 0 Å². The van der Waals surface area contributed by atoms with Gasteiger partial charge in [-0.1, -0.05) is 26.7 Å². The van der Waals surface area contributed by atoms with Crippen molar-refractivity contribution in [3.63, 3.8) is 0 Å². The average Bonchev–Trinajstić information content (AvgIpc) is 2.61. The number of rotatable bonds is 18. The fraction of sp³-hybridized carbons (Fsp3) is 0.895. The number of hydrogen-bond donors (Lipinski definition) is 2. The third-order valence-electron chi connectivity index (χ3n) is 4.05. The fourth-order valence-corrected chi connectivity index (χ4v) is 2.64. The van der Waals surface area contributed by atoms with E-state index in [0.29, 0.717) is 12.8 Å². The van der Waals surface area contributed by atoms with Gasteiger partial charge in [-0.25, -0.2) is 0 Å². The number of hydrogen-bond acceptors (Lipinski definition) is 6. The average molecular weight is 392 g/mol. The van der Waals surface area contributed by atoms with E-state index >= 15 is 0 Å². The third-order valence-corrected chi connectivity index (χ3v) is 4.05. The molecule has 0 rings (SSSR count). The summed E-state index contributed by atoms with van der Waals surface area (Å²) in [7, 11) is 0. The molecule has 0 aliphatic carbocycles. The molecule has 0 aromatic carbocycles. The van der Waals surface area contributed by atoms with Crippen molar-refractivity contribution in [3.05, 3.63) is 0 Å². The molecule has 0 heterocycles. The molecule has 0 bridgehead atoms. The summed E-state index contributed by atoms with van der Waals surface area (Å²) >= 11 is 0. The Morgan fingerprint density at radius 3 is 1.70 bits per heavy atom. The second kappa shape index (κ2) is 14.8. The Balaban J connectivity index is 5.96. The quantitative estimate of drug-likeness (QED) is 0.270. The topological polar surface area (TPSA) is 112 Å². The van der Waals surface area contributed by atoms with E-state index in [-0.39, 0.29) is 39.3 Å². The van der Waals surface area contributed by atoms with Crippen LogP contribution in [0.5, 0.6) is 0 Å². The SMILES string of the molecule is CCCCOC(OCCCC)(C(OCC)OCC)C(CCC(=O)O)C(=O)O. The molecule has 8 heteroatoms. The Morgan fingerprint density at radius 1 is 0.889 bits per heavy atom. The molecule has 0 amide bonds. The lowest BCUT2D eigenvalue weighted by Crippen LogP contribution is -2.58. The predicted octanol–water partition coefficient (Wildman–Crippen LogP) is 3.28. The summed E-state index contributed by atoms with van der Waals surface area (Å²) in [5.41, 5.74) is 0. The predicted molar refractivity (Wildman–Crippen MR) is 99.5 cm³/mol. The molecule has 27 heavy (non-hydrogen) atoms. The number of carbonyl (C=O) groups is 2. The number of unbranched alkanes of at least 4 members (excludes halogenated alkanes) is 2. The smallest absolute Gasteiger partial charge is 0.312 e. The lowest BCUT2D eigenvalue weighted by molar-refractivity contribution is -0.369. The summed E-state index contributed by atoms with van der Waals surface area (Å²) in [4.78, 5) is 23.1. The maximum absolute atomic E-state index is 12.1. The fourth-order valence-electron chi connectivity index (χ4n) is 2.64. The lowest BCUT2D eigenvalue weighted by atomic mass is 9.91. The van der Waals surface area contributed by atoms with Crippen molar-refractivity contribution in [2.24, 2.45) is 5.92 Å². The molecule has 2 N–H and O–H groups in total. The minimum atomic E-state index is -1.71. The van der Waals surface area contributed by atoms with Gasteiger partial charge in [0.05, 0.1) is 13.2 Å². The first kappa shape index (κ1) is 25.8. The van der Waals surface area contributed by atoms with E-state index in [1.54, 1.807) is 13.8 Å². The molecule has 160 valence electrons. The van der Waals surface area contributed by atoms with Crippen molar-refractivity contribution >= 4 is 11.9 Å². The van der Waals surface area contributed by atoms with E-state index in [1.165, 1.54) is 0 Å². The van der Waals surface area contributed by atoms with Crippen LogP contribution in [-0.4, -0.2) is 60.7 Å². The van der Waals surface area contributed by atoms with Gasteiger partial charge in [0, 0.05) is 19.6 Å². The third kappa shape index (κ3) is 9.01. The normalized spacial score (nSPS) is 13.1. The van der Waals surface area contributed by atoms with Crippen LogP contribution in [0.2, 0.25) is 0 Å². The molecule has 0 aromatic rings. The highest BCUT2D eigenvalue weighted by Gasteiger charge is 2.53. The summed E-state index contributed by atoms with van der Waals surface area (Å²) in [6, 6.07) is 0. The van der Waals surface area contributed by atoms with E-state index < -0.39 is 29.9 Å². The molecule has 0 aliphatic rings. The van der Waals surface area contributed by atoms with E-state index in [0.717, 1.165) is 12.8 Å². The van der Waals surface area contributed by atoms with Crippen LogP contribution in [-0.2, 0) is 28.5 Å². The Kier molecular flexibility index (Phi) is 14.1. The van der Waals surface area contributed by atoms with Crippen LogP contribution in [0, 0.1) is 5.92 Å². The number of aliphatic carboxylic acids is 2. The zero-order valence-electron chi connectivity index (χ0n) is 17.1.